The summed E-state index contributed by atoms with van der Waals surface area (Å²) >= 11 is 0. The minimum Gasteiger partial charge on any atom is -0.394 e. The molecule has 0 bridgehead atoms. The van der Waals surface area contributed by atoms with Gasteiger partial charge in [-0.1, -0.05) is 281 Å². The summed E-state index contributed by atoms with van der Waals surface area (Å²) in [6.45, 7) is 3.56. The molecule has 0 aromatic rings. The van der Waals surface area contributed by atoms with Gasteiger partial charge < -0.3 is 45.4 Å². The lowest BCUT2D eigenvalue weighted by Gasteiger charge is -2.40. The topological polar surface area (TPSA) is 169 Å². The van der Waals surface area contributed by atoms with Crippen molar-refractivity contribution in [1.29, 1.82) is 0 Å². The predicted octanol–water partition coefficient (Wildman–Crippen LogP) is 14.1. The van der Waals surface area contributed by atoms with E-state index in [2.05, 4.69) is 43.5 Å². The molecule has 7 N–H and O–H groups in total. The van der Waals surface area contributed by atoms with Gasteiger partial charge in [-0.25, -0.2) is 0 Å². The van der Waals surface area contributed by atoms with E-state index in [4.69, 9.17) is 9.47 Å². The fraction of sp³-hybridized carbons (Fsp3) is 0.885. The number of carbonyl (C=O) groups is 1. The smallest absolute Gasteiger partial charge is 0.249 e. The summed E-state index contributed by atoms with van der Waals surface area (Å²) in [6.07, 6.45) is 55.8. The van der Waals surface area contributed by atoms with E-state index in [1.165, 1.54) is 205 Å². The third-order valence-corrected chi connectivity index (χ3v) is 14.6. The highest BCUT2D eigenvalue weighted by Crippen LogP contribution is 2.23. The fourth-order valence-corrected chi connectivity index (χ4v) is 9.66. The van der Waals surface area contributed by atoms with Crippen molar-refractivity contribution in [2.24, 2.45) is 0 Å². The van der Waals surface area contributed by atoms with Crippen LogP contribution in [0.15, 0.2) is 36.5 Å². The molecule has 418 valence electrons. The van der Waals surface area contributed by atoms with Gasteiger partial charge in [0, 0.05) is 0 Å². The Balaban J connectivity index is 2.10. The molecule has 0 aliphatic carbocycles. The van der Waals surface area contributed by atoms with Crippen LogP contribution in [0.4, 0.5) is 0 Å². The van der Waals surface area contributed by atoms with Crippen LogP contribution >= 0.6 is 0 Å². The largest absolute Gasteiger partial charge is 0.394 e. The monoisotopic (exact) mass is 1010 g/mol. The molecule has 1 amide bonds. The summed E-state index contributed by atoms with van der Waals surface area (Å²) < 4.78 is 11.1. The van der Waals surface area contributed by atoms with Gasteiger partial charge in [-0.3, -0.25) is 4.79 Å². The van der Waals surface area contributed by atoms with E-state index in [1.807, 2.05) is 6.08 Å². The van der Waals surface area contributed by atoms with Gasteiger partial charge in [-0.15, -0.1) is 0 Å². The molecule has 0 radical (unpaired) electrons. The van der Waals surface area contributed by atoms with Crippen molar-refractivity contribution in [1.82, 2.24) is 5.32 Å². The number of aliphatic hydroxyl groups excluding tert-OH is 6. The number of nitrogens with one attached hydrogen (secondary N) is 1. The van der Waals surface area contributed by atoms with Crippen LogP contribution in [0, 0.1) is 0 Å². The van der Waals surface area contributed by atoms with E-state index in [0.717, 1.165) is 44.9 Å². The number of hydrogen-bond acceptors (Lipinski definition) is 9. The molecule has 10 nitrogen and oxygen atoms in total. The number of allylic oxidation sites excluding steroid dienone is 5. The lowest BCUT2D eigenvalue weighted by Crippen LogP contribution is -2.60. The first-order valence-electron chi connectivity index (χ1n) is 30.3. The van der Waals surface area contributed by atoms with Crippen molar-refractivity contribution in [3.05, 3.63) is 36.5 Å². The molecule has 1 aliphatic heterocycles. The molecular formula is C61H115NO9. The third kappa shape index (κ3) is 39.5. The molecule has 10 heteroatoms. The van der Waals surface area contributed by atoms with Gasteiger partial charge in [-0.05, 0) is 38.5 Å². The second-order valence-electron chi connectivity index (χ2n) is 21.3. The number of aliphatic hydroxyl groups is 6. The van der Waals surface area contributed by atoms with E-state index < -0.39 is 61.5 Å². The van der Waals surface area contributed by atoms with E-state index >= 15 is 0 Å². The quantitative estimate of drug-likeness (QED) is 0.0232. The van der Waals surface area contributed by atoms with Crippen molar-refractivity contribution in [3.8, 4) is 0 Å². The molecule has 1 aliphatic rings. The SMILES string of the molecule is CCCC/C=C/CC/C=C/CC/C=C/C(O)C(COC1OC(CO)C(O)C(O)C1O)NC(=O)C(O)CCCCCCCCCCCCCCCCCCCCCCCCCCCCCCCCCCCC. The highest BCUT2D eigenvalue weighted by molar-refractivity contribution is 5.80. The van der Waals surface area contributed by atoms with Crippen LogP contribution in [-0.4, -0.2) is 98.7 Å². The Morgan fingerprint density at radius 1 is 0.479 bits per heavy atom. The van der Waals surface area contributed by atoms with Crippen LogP contribution in [0.25, 0.3) is 0 Å². The molecule has 1 heterocycles. The van der Waals surface area contributed by atoms with Crippen LogP contribution in [-0.2, 0) is 14.3 Å². The van der Waals surface area contributed by atoms with E-state index in [1.54, 1.807) is 6.08 Å². The van der Waals surface area contributed by atoms with Gasteiger partial charge in [-0.2, -0.15) is 0 Å². The lowest BCUT2D eigenvalue weighted by molar-refractivity contribution is -0.302. The fourth-order valence-electron chi connectivity index (χ4n) is 9.66. The molecular weight excluding hydrogens is 891 g/mol. The Morgan fingerprint density at radius 3 is 1.21 bits per heavy atom. The van der Waals surface area contributed by atoms with Gasteiger partial charge in [0.15, 0.2) is 6.29 Å². The first-order chi connectivity index (χ1) is 34.8. The van der Waals surface area contributed by atoms with Crippen molar-refractivity contribution >= 4 is 5.91 Å². The standard InChI is InChI=1S/C61H115NO9/c1-3-5-7-9-11-13-15-17-18-19-20-21-22-23-24-25-26-27-28-29-30-31-32-33-34-35-36-37-38-40-42-44-46-48-50-55(65)60(69)62-53(52-70-61-59(68)58(67)57(66)56(51-63)71-61)54(64)49-47-45-43-41-39-16-14-12-10-8-6-4-2/h10,12,39,41,47,49,53-59,61,63-68H,3-9,11,13-38,40,42-46,48,50-52H2,1-2H3,(H,62,69)/b12-10+,41-39+,49-47+. The first kappa shape index (κ1) is 67.4. The summed E-state index contributed by atoms with van der Waals surface area (Å²) in [7, 11) is 0. The zero-order chi connectivity index (χ0) is 51.7. The van der Waals surface area contributed by atoms with Crippen molar-refractivity contribution < 1.29 is 44.9 Å². The number of hydrogen-bond donors (Lipinski definition) is 7. The second kappa shape index (κ2) is 50.5. The second-order valence-corrected chi connectivity index (χ2v) is 21.3. The average Bonchev–Trinajstić information content (AvgIpc) is 3.37. The average molecular weight is 1010 g/mol. The number of rotatable bonds is 52. The zero-order valence-corrected chi connectivity index (χ0v) is 46.1. The summed E-state index contributed by atoms with van der Waals surface area (Å²) in [6, 6.07) is -1.00. The Hall–Kier alpha value is -1.63. The highest BCUT2D eigenvalue weighted by atomic mass is 16.7. The maximum Gasteiger partial charge on any atom is 0.249 e. The molecule has 0 aromatic heterocycles. The maximum atomic E-state index is 13.1. The number of amides is 1. The molecule has 8 unspecified atom stereocenters. The predicted molar refractivity (Wildman–Crippen MR) is 296 cm³/mol. The summed E-state index contributed by atoms with van der Waals surface area (Å²) in [5.41, 5.74) is 0. The molecule has 71 heavy (non-hydrogen) atoms. The Morgan fingerprint density at radius 2 is 0.831 bits per heavy atom. The van der Waals surface area contributed by atoms with Gasteiger partial charge in [0.25, 0.3) is 0 Å². The molecule has 1 fully saturated rings. The van der Waals surface area contributed by atoms with E-state index in [-0.39, 0.29) is 6.61 Å². The van der Waals surface area contributed by atoms with Gasteiger partial charge in [0.05, 0.1) is 25.4 Å². The maximum absolute atomic E-state index is 13.1. The Labute approximate surface area is 436 Å². The zero-order valence-electron chi connectivity index (χ0n) is 46.1. The molecule has 0 saturated carbocycles. The van der Waals surface area contributed by atoms with Crippen LogP contribution in [0.5, 0.6) is 0 Å². The summed E-state index contributed by atoms with van der Waals surface area (Å²) in [5.74, 6) is -0.627. The van der Waals surface area contributed by atoms with Crippen molar-refractivity contribution in [2.75, 3.05) is 13.2 Å². The van der Waals surface area contributed by atoms with Gasteiger partial charge in [0.1, 0.15) is 30.5 Å². The number of ether oxygens (including phenoxy) is 2. The van der Waals surface area contributed by atoms with Crippen LogP contribution in [0.2, 0.25) is 0 Å². The summed E-state index contributed by atoms with van der Waals surface area (Å²) in [5, 5.41) is 64.8. The summed E-state index contributed by atoms with van der Waals surface area (Å²) in [4.78, 5) is 13.1. The van der Waals surface area contributed by atoms with Crippen LogP contribution in [0.1, 0.15) is 284 Å². The number of carbonyl (C=O) groups excluding carboxylic acids is 1. The normalized spacial score (nSPS) is 19.9. The van der Waals surface area contributed by atoms with E-state index in [0.29, 0.717) is 19.3 Å². The highest BCUT2D eigenvalue weighted by Gasteiger charge is 2.44. The van der Waals surface area contributed by atoms with Crippen LogP contribution < -0.4 is 5.32 Å². The molecule has 1 saturated heterocycles. The molecule has 0 spiro atoms. The molecule has 1 rings (SSSR count). The minimum absolute atomic E-state index is 0.304. The number of unbranched alkanes of at least 4 members (excludes halogenated alkanes) is 37. The first-order valence-corrected chi connectivity index (χ1v) is 30.3. The Kier molecular flexibility index (Phi) is 48.0. The minimum atomic E-state index is -1.62. The lowest BCUT2D eigenvalue weighted by atomic mass is 9.99. The van der Waals surface area contributed by atoms with E-state index in [9.17, 15) is 35.4 Å². The molecule has 8 atom stereocenters. The third-order valence-electron chi connectivity index (χ3n) is 14.6. The van der Waals surface area contributed by atoms with Gasteiger partial charge in [0.2, 0.25) is 5.91 Å². The van der Waals surface area contributed by atoms with Gasteiger partial charge >= 0.3 is 0 Å². The molecule has 0 aromatic carbocycles. The Bertz CT molecular complexity index is 1230. The van der Waals surface area contributed by atoms with Crippen molar-refractivity contribution in [3.63, 3.8) is 0 Å². The van der Waals surface area contributed by atoms with Crippen molar-refractivity contribution in [2.45, 2.75) is 332 Å². The van der Waals surface area contributed by atoms with Crippen LogP contribution in [0.3, 0.4) is 0 Å².